The lowest BCUT2D eigenvalue weighted by Crippen LogP contribution is -2.34. The lowest BCUT2D eigenvalue weighted by atomic mass is 9.96. The smallest absolute Gasteiger partial charge is 0.338 e. The van der Waals surface area contributed by atoms with Crippen LogP contribution in [0.1, 0.15) is 54.6 Å². The van der Waals surface area contributed by atoms with E-state index >= 15 is 0 Å². The molecule has 0 radical (unpaired) electrons. The minimum atomic E-state index is -0.921. The number of carbonyl (C=O) groups excluding carboxylic acids is 2. The maximum absolute atomic E-state index is 13.5. The van der Waals surface area contributed by atoms with Crippen LogP contribution in [0.4, 0.5) is 5.69 Å². The number of methoxy groups -OCH3 is 1. The molecule has 1 saturated carbocycles. The standard InChI is InChI=1S/C30H30ClN3O6/c1-3-39-30(37)19-8-11-22(12-9-19)33-29(36)26(13-14-40-23-5-4-6-23)34-18-27(38-2)25(16-28(34)35)24-15-21(31)10-7-20(24)17-32/h7-12,15-16,18,23,26H,3-6,13-14H2,1-2H3,(H,33,36). The molecule has 40 heavy (non-hydrogen) atoms. The van der Waals surface area contributed by atoms with E-state index in [4.69, 9.17) is 25.8 Å². The summed E-state index contributed by atoms with van der Waals surface area (Å²) in [6, 6.07) is 13.6. The van der Waals surface area contributed by atoms with E-state index in [1.807, 2.05) is 0 Å². The number of nitriles is 1. The molecule has 1 heterocycles. The highest BCUT2D eigenvalue weighted by Crippen LogP contribution is 2.34. The Morgan fingerprint density at radius 1 is 1.15 bits per heavy atom. The fourth-order valence-corrected chi connectivity index (χ4v) is 4.56. The molecule has 10 heteroatoms. The van der Waals surface area contributed by atoms with E-state index in [0.29, 0.717) is 38.7 Å². The van der Waals surface area contributed by atoms with Crippen LogP contribution in [0.15, 0.2) is 59.5 Å². The van der Waals surface area contributed by atoms with Crippen LogP contribution < -0.4 is 15.6 Å². The Morgan fingerprint density at radius 2 is 1.90 bits per heavy atom. The van der Waals surface area contributed by atoms with E-state index < -0.39 is 23.5 Å². The number of benzene rings is 2. The first-order chi connectivity index (χ1) is 19.3. The highest BCUT2D eigenvalue weighted by molar-refractivity contribution is 6.31. The minimum Gasteiger partial charge on any atom is -0.495 e. The van der Waals surface area contributed by atoms with Crippen molar-refractivity contribution in [1.82, 2.24) is 4.57 Å². The number of aromatic nitrogens is 1. The molecular weight excluding hydrogens is 534 g/mol. The van der Waals surface area contributed by atoms with Crippen LogP contribution in [0.3, 0.4) is 0 Å². The number of amides is 1. The topological polar surface area (TPSA) is 120 Å². The van der Waals surface area contributed by atoms with Crippen molar-refractivity contribution in [3.05, 3.63) is 81.2 Å². The van der Waals surface area contributed by atoms with Crippen LogP contribution in [-0.4, -0.2) is 42.9 Å². The van der Waals surface area contributed by atoms with E-state index in [0.717, 1.165) is 19.3 Å². The maximum Gasteiger partial charge on any atom is 0.338 e. The molecule has 1 N–H and O–H groups in total. The first-order valence-electron chi connectivity index (χ1n) is 13.0. The normalized spacial score (nSPS) is 13.6. The molecule has 1 aromatic heterocycles. The third-order valence-corrected chi connectivity index (χ3v) is 6.99. The molecule has 1 aliphatic carbocycles. The van der Waals surface area contributed by atoms with Gasteiger partial charge in [0.05, 0.1) is 43.2 Å². The molecule has 9 nitrogen and oxygen atoms in total. The number of hydrogen-bond donors (Lipinski definition) is 1. The number of anilines is 1. The Bertz CT molecular complexity index is 1470. The largest absolute Gasteiger partial charge is 0.495 e. The van der Waals surface area contributed by atoms with Crippen molar-refractivity contribution in [2.24, 2.45) is 0 Å². The van der Waals surface area contributed by atoms with Gasteiger partial charge in [-0.2, -0.15) is 5.26 Å². The minimum absolute atomic E-state index is 0.167. The number of pyridine rings is 1. The van der Waals surface area contributed by atoms with Crippen molar-refractivity contribution >= 4 is 29.2 Å². The second-order valence-electron chi connectivity index (χ2n) is 9.32. The zero-order valence-electron chi connectivity index (χ0n) is 22.3. The summed E-state index contributed by atoms with van der Waals surface area (Å²) in [4.78, 5) is 38.9. The predicted octanol–water partition coefficient (Wildman–Crippen LogP) is 5.36. The van der Waals surface area contributed by atoms with Crippen LogP contribution in [0.2, 0.25) is 5.02 Å². The van der Waals surface area contributed by atoms with Gasteiger partial charge in [0.2, 0.25) is 5.91 Å². The van der Waals surface area contributed by atoms with Crippen molar-refractivity contribution in [2.45, 2.75) is 44.8 Å². The molecular formula is C30H30ClN3O6. The lowest BCUT2D eigenvalue weighted by Gasteiger charge is -2.27. The van der Waals surface area contributed by atoms with Crippen LogP contribution >= 0.6 is 11.6 Å². The number of halogens is 1. The van der Waals surface area contributed by atoms with E-state index in [1.54, 1.807) is 49.4 Å². The van der Waals surface area contributed by atoms with Crippen molar-refractivity contribution in [1.29, 1.82) is 5.26 Å². The molecule has 1 fully saturated rings. The van der Waals surface area contributed by atoms with Crippen LogP contribution in [0.25, 0.3) is 11.1 Å². The van der Waals surface area contributed by atoms with Gasteiger partial charge in [-0.25, -0.2) is 4.79 Å². The molecule has 0 aliphatic heterocycles. The number of carbonyl (C=O) groups is 2. The molecule has 1 unspecified atom stereocenters. The summed E-state index contributed by atoms with van der Waals surface area (Å²) in [6.45, 7) is 2.27. The summed E-state index contributed by atoms with van der Waals surface area (Å²) in [5.74, 6) is -0.585. The van der Waals surface area contributed by atoms with Crippen LogP contribution in [0, 0.1) is 11.3 Å². The average molecular weight is 564 g/mol. The first-order valence-corrected chi connectivity index (χ1v) is 13.4. The second-order valence-corrected chi connectivity index (χ2v) is 9.75. The number of nitrogens with one attached hydrogen (secondary N) is 1. The van der Waals surface area contributed by atoms with Gasteiger partial charge in [0.15, 0.2) is 0 Å². The fourth-order valence-electron chi connectivity index (χ4n) is 4.39. The van der Waals surface area contributed by atoms with Crippen LogP contribution in [0.5, 0.6) is 5.75 Å². The predicted molar refractivity (Wildman–Crippen MR) is 151 cm³/mol. The third-order valence-electron chi connectivity index (χ3n) is 6.76. The SMILES string of the molecule is CCOC(=O)c1ccc(NC(=O)C(CCOC2CCC2)n2cc(OC)c(-c3cc(Cl)ccc3C#N)cc2=O)cc1. The summed E-state index contributed by atoms with van der Waals surface area (Å²) in [7, 11) is 1.45. The Hall–Kier alpha value is -4.13. The van der Waals surface area contributed by atoms with Gasteiger partial charge < -0.3 is 19.5 Å². The number of nitrogens with zero attached hydrogens (tertiary/aromatic N) is 2. The third kappa shape index (κ3) is 6.71. The highest BCUT2D eigenvalue weighted by Gasteiger charge is 2.26. The van der Waals surface area contributed by atoms with Crippen molar-refractivity contribution in [3.63, 3.8) is 0 Å². The van der Waals surface area contributed by atoms with Gasteiger partial charge in [-0.1, -0.05) is 11.6 Å². The van der Waals surface area contributed by atoms with Gasteiger partial charge in [0.25, 0.3) is 5.56 Å². The zero-order valence-corrected chi connectivity index (χ0v) is 23.1. The van der Waals surface area contributed by atoms with E-state index in [1.165, 1.54) is 23.9 Å². The summed E-state index contributed by atoms with van der Waals surface area (Å²) in [5, 5.41) is 12.8. The summed E-state index contributed by atoms with van der Waals surface area (Å²) in [5.41, 5.74) is 1.53. The van der Waals surface area contributed by atoms with Crippen LogP contribution in [-0.2, 0) is 14.3 Å². The zero-order chi connectivity index (χ0) is 28.6. The Kier molecular flexibility index (Phi) is 9.59. The number of esters is 1. The Balaban J connectivity index is 1.65. The fraction of sp³-hybridized carbons (Fsp3) is 0.333. The molecule has 4 rings (SSSR count). The quantitative estimate of drug-likeness (QED) is 0.312. The molecule has 0 bridgehead atoms. The second kappa shape index (κ2) is 13.3. The first kappa shape index (κ1) is 28.9. The molecule has 0 spiro atoms. The monoisotopic (exact) mass is 563 g/mol. The van der Waals surface area contributed by atoms with Gasteiger partial charge >= 0.3 is 5.97 Å². The molecule has 1 atom stereocenters. The molecule has 3 aromatic rings. The highest BCUT2D eigenvalue weighted by atomic mass is 35.5. The molecule has 208 valence electrons. The Labute approximate surface area is 237 Å². The van der Waals surface area contributed by atoms with Crippen molar-refractivity contribution < 1.29 is 23.8 Å². The van der Waals surface area contributed by atoms with Gasteiger partial charge in [-0.05, 0) is 68.7 Å². The van der Waals surface area contributed by atoms with Gasteiger partial charge in [-0.3, -0.25) is 14.2 Å². The van der Waals surface area contributed by atoms with E-state index in [9.17, 15) is 19.6 Å². The number of rotatable bonds is 11. The summed E-state index contributed by atoms with van der Waals surface area (Å²) in [6.07, 6.45) is 4.95. The van der Waals surface area contributed by atoms with E-state index in [-0.39, 0.29) is 25.7 Å². The maximum atomic E-state index is 13.5. The molecule has 1 aliphatic rings. The summed E-state index contributed by atoms with van der Waals surface area (Å²) < 4.78 is 17.8. The van der Waals surface area contributed by atoms with Gasteiger partial charge in [0, 0.05) is 40.9 Å². The van der Waals surface area contributed by atoms with E-state index in [2.05, 4.69) is 11.4 Å². The number of ether oxygens (including phenoxy) is 3. The molecule has 1 amide bonds. The summed E-state index contributed by atoms with van der Waals surface area (Å²) >= 11 is 6.18. The number of hydrogen-bond acceptors (Lipinski definition) is 7. The van der Waals surface area contributed by atoms with Gasteiger partial charge in [0.1, 0.15) is 11.8 Å². The average Bonchev–Trinajstić information content (AvgIpc) is 2.92. The molecule has 0 saturated heterocycles. The van der Waals surface area contributed by atoms with Crippen molar-refractivity contribution in [3.8, 4) is 22.9 Å². The van der Waals surface area contributed by atoms with Crippen molar-refractivity contribution in [2.75, 3.05) is 25.6 Å². The Morgan fingerprint density at radius 3 is 2.52 bits per heavy atom. The molecule has 2 aromatic carbocycles. The lowest BCUT2D eigenvalue weighted by molar-refractivity contribution is -0.120. The van der Waals surface area contributed by atoms with Gasteiger partial charge in [-0.15, -0.1) is 0 Å².